The van der Waals surface area contributed by atoms with Gasteiger partial charge in [0.25, 0.3) is 0 Å². The maximum absolute atomic E-state index is 12.9. The van der Waals surface area contributed by atoms with E-state index in [9.17, 15) is 19.4 Å². The number of benzene rings is 1. The summed E-state index contributed by atoms with van der Waals surface area (Å²) in [6.07, 6.45) is 1.39. The van der Waals surface area contributed by atoms with Crippen molar-refractivity contribution in [2.75, 3.05) is 56.9 Å². The van der Waals surface area contributed by atoms with Crippen molar-refractivity contribution < 1.29 is 19.4 Å². The Hall–Kier alpha value is -1.44. The molecule has 2 aliphatic heterocycles. The standard InChI is InChI=1S/C20H33N4O4P/c21-8-4-3-7-20(19(25)26)16-23(13-14-29(20,27)28)15-17-5-1-2-6-18(17)24-11-9-22-10-12-24/h1-2,5-6,22H,3-4,7-16,21H2,(H,25,26)(H,27,28). The third-order valence-electron chi connectivity index (χ3n) is 6.16. The number of carboxylic acid groups (broad SMARTS) is 1. The molecule has 3 rings (SSSR count). The Morgan fingerprint density at radius 3 is 2.62 bits per heavy atom. The van der Waals surface area contributed by atoms with Crippen LogP contribution in [0.4, 0.5) is 5.69 Å². The van der Waals surface area contributed by atoms with Crippen LogP contribution in [0.1, 0.15) is 24.8 Å². The molecule has 0 radical (unpaired) electrons. The first-order chi connectivity index (χ1) is 13.9. The van der Waals surface area contributed by atoms with Crippen LogP contribution in [0.25, 0.3) is 0 Å². The van der Waals surface area contributed by atoms with Crippen molar-refractivity contribution in [2.45, 2.75) is 31.0 Å². The second-order valence-electron chi connectivity index (χ2n) is 8.08. The Kier molecular flexibility index (Phi) is 7.35. The molecular formula is C20H33N4O4P. The van der Waals surface area contributed by atoms with Crippen LogP contribution >= 0.6 is 7.37 Å². The van der Waals surface area contributed by atoms with Crippen LogP contribution in [0.2, 0.25) is 0 Å². The first-order valence-corrected chi connectivity index (χ1v) is 12.3. The Balaban J connectivity index is 1.80. The fourth-order valence-corrected chi connectivity index (χ4v) is 6.63. The summed E-state index contributed by atoms with van der Waals surface area (Å²) < 4.78 is 12.9. The van der Waals surface area contributed by atoms with Crippen molar-refractivity contribution in [3.05, 3.63) is 29.8 Å². The molecule has 2 heterocycles. The molecule has 8 nitrogen and oxygen atoms in total. The highest BCUT2D eigenvalue weighted by molar-refractivity contribution is 7.61. The van der Waals surface area contributed by atoms with Crippen LogP contribution in [0.15, 0.2) is 24.3 Å². The molecule has 0 saturated carbocycles. The van der Waals surface area contributed by atoms with Gasteiger partial charge in [-0.15, -0.1) is 0 Å². The van der Waals surface area contributed by atoms with Gasteiger partial charge in [0.15, 0.2) is 5.16 Å². The van der Waals surface area contributed by atoms with E-state index in [4.69, 9.17) is 5.73 Å². The van der Waals surface area contributed by atoms with Crippen LogP contribution in [0, 0.1) is 0 Å². The molecule has 0 amide bonds. The second-order valence-corrected chi connectivity index (χ2v) is 10.8. The highest BCUT2D eigenvalue weighted by Crippen LogP contribution is 2.59. The summed E-state index contributed by atoms with van der Waals surface area (Å²) in [6, 6.07) is 8.19. The van der Waals surface area contributed by atoms with Gasteiger partial charge in [-0.3, -0.25) is 14.3 Å². The molecule has 2 saturated heterocycles. The molecule has 2 unspecified atom stereocenters. The van der Waals surface area contributed by atoms with E-state index in [1.54, 1.807) is 0 Å². The lowest BCUT2D eigenvalue weighted by molar-refractivity contribution is -0.141. The van der Waals surface area contributed by atoms with E-state index in [1.165, 1.54) is 0 Å². The lowest BCUT2D eigenvalue weighted by atomic mass is 9.99. The minimum Gasteiger partial charge on any atom is -0.480 e. The van der Waals surface area contributed by atoms with Gasteiger partial charge in [-0.2, -0.15) is 0 Å². The maximum atomic E-state index is 12.9. The number of hydrogen-bond acceptors (Lipinski definition) is 6. The average Bonchev–Trinajstić information content (AvgIpc) is 2.71. The normalized spacial score (nSPS) is 28.4. The fraction of sp³-hybridized carbons (Fsp3) is 0.650. The van der Waals surface area contributed by atoms with Crippen molar-refractivity contribution in [2.24, 2.45) is 5.73 Å². The number of nitrogens with two attached hydrogens (primary N) is 1. The molecule has 2 atom stereocenters. The number of anilines is 1. The first-order valence-electron chi connectivity index (χ1n) is 10.4. The molecule has 2 aliphatic rings. The summed E-state index contributed by atoms with van der Waals surface area (Å²) >= 11 is 0. The predicted molar refractivity (Wildman–Crippen MR) is 115 cm³/mol. The molecule has 5 N–H and O–H groups in total. The van der Waals surface area contributed by atoms with E-state index in [0.717, 1.165) is 37.4 Å². The van der Waals surface area contributed by atoms with E-state index in [1.807, 2.05) is 17.0 Å². The Morgan fingerprint density at radius 2 is 1.93 bits per heavy atom. The topological polar surface area (TPSA) is 119 Å². The summed E-state index contributed by atoms with van der Waals surface area (Å²) in [5.74, 6) is -1.17. The van der Waals surface area contributed by atoms with Gasteiger partial charge >= 0.3 is 5.97 Å². The van der Waals surface area contributed by atoms with Gasteiger partial charge in [0.05, 0.1) is 0 Å². The number of hydrogen-bond donors (Lipinski definition) is 4. The number of nitrogens with zero attached hydrogens (tertiary/aromatic N) is 2. The zero-order chi connectivity index (χ0) is 20.9. The third-order valence-corrected chi connectivity index (χ3v) is 8.86. The van der Waals surface area contributed by atoms with Crippen molar-refractivity contribution in [1.82, 2.24) is 10.2 Å². The van der Waals surface area contributed by atoms with E-state index < -0.39 is 18.5 Å². The fourth-order valence-electron chi connectivity index (χ4n) is 4.42. The maximum Gasteiger partial charge on any atom is 0.320 e. The Labute approximate surface area is 172 Å². The van der Waals surface area contributed by atoms with Crippen LogP contribution in [0.3, 0.4) is 0 Å². The average molecular weight is 424 g/mol. The molecule has 0 bridgehead atoms. The Bertz CT molecular complexity index is 756. The molecule has 29 heavy (non-hydrogen) atoms. The predicted octanol–water partition coefficient (Wildman–Crippen LogP) is 1.13. The summed E-state index contributed by atoms with van der Waals surface area (Å²) in [6.45, 7) is 5.29. The number of unbranched alkanes of at least 4 members (excludes halogenated alkanes) is 1. The number of piperazine rings is 1. The number of para-hydroxylation sites is 1. The molecule has 1 aromatic carbocycles. The highest BCUT2D eigenvalue weighted by Gasteiger charge is 2.56. The largest absolute Gasteiger partial charge is 0.480 e. The minimum absolute atomic E-state index is 0.0116. The van der Waals surface area contributed by atoms with Gasteiger partial charge in [0.1, 0.15) is 0 Å². The van der Waals surface area contributed by atoms with Gasteiger partial charge in [-0.05, 0) is 31.0 Å². The molecule has 2 fully saturated rings. The highest BCUT2D eigenvalue weighted by atomic mass is 31.2. The van der Waals surface area contributed by atoms with Crippen LogP contribution in [-0.2, 0) is 15.9 Å². The molecule has 0 aromatic heterocycles. The van der Waals surface area contributed by atoms with Gasteiger partial charge in [-0.25, -0.2) is 0 Å². The molecule has 0 aliphatic carbocycles. The second kappa shape index (κ2) is 9.58. The molecule has 162 valence electrons. The van der Waals surface area contributed by atoms with E-state index in [2.05, 4.69) is 22.3 Å². The number of rotatable bonds is 8. The van der Waals surface area contributed by atoms with Crippen molar-refractivity contribution in [1.29, 1.82) is 0 Å². The zero-order valence-electron chi connectivity index (χ0n) is 16.9. The number of aliphatic carboxylic acids is 1. The summed E-state index contributed by atoms with van der Waals surface area (Å²) in [7, 11) is -3.81. The van der Waals surface area contributed by atoms with Gasteiger partial charge in [0.2, 0.25) is 7.37 Å². The van der Waals surface area contributed by atoms with Crippen LogP contribution < -0.4 is 16.0 Å². The summed E-state index contributed by atoms with van der Waals surface area (Å²) in [5.41, 5.74) is 7.84. The smallest absolute Gasteiger partial charge is 0.320 e. The summed E-state index contributed by atoms with van der Waals surface area (Å²) in [4.78, 5) is 27.2. The van der Waals surface area contributed by atoms with E-state index >= 15 is 0 Å². The molecule has 0 spiro atoms. The SMILES string of the molecule is NCCCCC1(C(=O)O)CN(Cc2ccccc2N2CCNCC2)CCP1(=O)O. The van der Waals surface area contributed by atoms with Crippen LogP contribution in [-0.4, -0.2) is 78.0 Å². The van der Waals surface area contributed by atoms with E-state index in [0.29, 0.717) is 32.5 Å². The van der Waals surface area contributed by atoms with E-state index in [-0.39, 0.29) is 19.1 Å². The minimum atomic E-state index is -3.81. The van der Waals surface area contributed by atoms with Crippen LogP contribution in [0.5, 0.6) is 0 Å². The quantitative estimate of drug-likeness (QED) is 0.362. The number of carboxylic acids is 1. The number of nitrogens with one attached hydrogen (secondary N) is 1. The molecule has 1 aromatic rings. The molecule has 9 heteroatoms. The van der Waals surface area contributed by atoms with Crippen molar-refractivity contribution in [3.8, 4) is 0 Å². The lowest BCUT2D eigenvalue weighted by Gasteiger charge is -2.43. The van der Waals surface area contributed by atoms with Crippen molar-refractivity contribution >= 4 is 19.0 Å². The summed E-state index contributed by atoms with van der Waals surface area (Å²) in [5, 5.41) is 11.7. The van der Waals surface area contributed by atoms with Crippen molar-refractivity contribution in [3.63, 3.8) is 0 Å². The third kappa shape index (κ3) is 4.84. The number of carbonyl (C=O) groups is 1. The lowest BCUT2D eigenvalue weighted by Crippen LogP contribution is -2.54. The van der Waals surface area contributed by atoms with Gasteiger partial charge in [-0.1, -0.05) is 24.6 Å². The zero-order valence-corrected chi connectivity index (χ0v) is 17.8. The van der Waals surface area contributed by atoms with Gasteiger partial charge in [0, 0.05) is 57.7 Å². The monoisotopic (exact) mass is 424 g/mol. The first kappa shape index (κ1) is 22.2. The van der Waals surface area contributed by atoms with Gasteiger partial charge < -0.3 is 26.0 Å². The molecular weight excluding hydrogens is 391 g/mol. The Morgan fingerprint density at radius 1 is 1.21 bits per heavy atom.